The van der Waals surface area contributed by atoms with Crippen LogP contribution in [0, 0.1) is 11.8 Å². The maximum absolute atomic E-state index is 12.3. The van der Waals surface area contributed by atoms with Crippen LogP contribution in [-0.4, -0.2) is 52.6 Å². The molecule has 0 radical (unpaired) electrons. The first kappa shape index (κ1) is 13.2. The van der Waals surface area contributed by atoms with Gasteiger partial charge < -0.3 is 14.9 Å². The van der Waals surface area contributed by atoms with Gasteiger partial charge in [-0.3, -0.25) is 4.79 Å². The number of carbonyl (C=O) groups excluding carboxylic acids is 1. The first-order chi connectivity index (χ1) is 8.49. The summed E-state index contributed by atoms with van der Waals surface area (Å²) < 4.78 is 0. The van der Waals surface area contributed by atoms with Gasteiger partial charge in [0.05, 0.1) is 0 Å². The summed E-state index contributed by atoms with van der Waals surface area (Å²) in [6.07, 6.45) is 2.93. The molecule has 5 nitrogen and oxygen atoms in total. The Hall–Kier alpha value is -1.26. The van der Waals surface area contributed by atoms with Crippen LogP contribution in [-0.2, 0) is 4.79 Å². The van der Waals surface area contributed by atoms with E-state index in [-0.39, 0.29) is 18.6 Å². The Balaban J connectivity index is 1.95. The van der Waals surface area contributed by atoms with Crippen molar-refractivity contribution in [2.24, 2.45) is 11.8 Å². The van der Waals surface area contributed by atoms with E-state index in [9.17, 15) is 9.59 Å². The number of hydrogen-bond donors (Lipinski definition) is 1. The third kappa shape index (κ3) is 2.94. The Bertz CT molecular complexity index is 339. The number of nitrogens with zero attached hydrogens (tertiary/aromatic N) is 2. The average molecular weight is 254 g/mol. The Labute approximate surface area is 108 Å². The van der Waals surface area contributed by atoms with E-state index >= 15 is 0 Å². The Morgan fingerprint density at radius 2 is 2.00 bits per heavy atom. The highest BCUT2D eigenvalue weighted by Crippen LogP contribution is 2.30. The summed E-state index contributed by atoms with van der Waals surface area (Å²) in [7, 11) is 0. The number of aliphatic carboxylic acids is 1. The predicted octanol–water partition coefficient (Wildman–Crippen LogP) is 1.63. The van der Waals surface area contributed by atoms with Gasteiger partial charge in [-0.15, -0.1) is 0 Å². The van der Waals surface area contributed by atoms with Crippen molar-refractivity contribution in [1.82, 2.24) is 9.80 Å². The molecule has 1 atom stereocenters. The van der Waals surface area contributed by atoms with Gasteiger partial charge in [-0.25, -0.2) is 4.79 Å². The van der Waals surface area contributed by atoms with Crippen LogP contribution in [0.4, 0.5) is 4.79 Å². The molecule has 1 saturated heterocycles. The van der Waals surface area contributed by atoms with Gasteiger partial charge in [0.25, 0.3) is 0 Å². The molecule has 5 heteroatoms. The largest absolute Gasteiger partial charge is 0.480 e. The van der Waals surface area contributed by atoms with Crippen LogP contribution in [0.3, 0.4) is 0 Å². The molecule has 18 heavy (non-hydrogen) atoms. The van der Waals surface area contributed by atoms with Crippen LogP contribution >= 0.6 is 0 Å². The fraction of sp³-hybridized carbons (Fsp3) is 0.846. The number of carbonyl (C=O) groups is 2. The number of urea groups is 1. The monoisotopic (exact) mass is 254 g/mol. The van der Waals surface area contributed by atoms with Crippen molar-refractivity contribution in [2.75, 3.05) is 19.6 Å². The van der Waals surface area contributed by atoms with Crippen LogP contribution < -0.4 is 0 Å². The normalized spacial score (nSPS) is 23.5. The van der Waals surface area contributed by atoms with Crippen molar-refractivity contribution in [3.8, 4) is 0 Å². The lowest BCUT2D eigenvalue weighted by molar-refractivity contribution is -0.137. The molecule has 0 spiro atoms. The summed E-state index contributed by atoms with van der Waals surface area (Å²) in [6, 6.07) is 0.0785. The predicted molar refractivity (Wildman–Crippen MR) is 67.3 cm³/mol. The number of carboxylic acids is 1. The second-order valence-electron chi connectivity index (χ2n) is 5.77. The standard InChI is InChI=1S/C13H22N2O3/c1-9(2)10-5-6-14(7-10)13(18)15(8-12(16)17)11-3-4-11/h9-11H,3-8H2,1-2H3,(H,16,17). The summed E-state index contributed by atoms with van der Waals surface area (Å²) in [5.41, 5.74) is 0. The van der Waals surface area contributed by atoms with Crippen LogP contribution in [0.5, 0.6) is 0 Å². The van der Waals surface area contributed by atoms with E-state index in [2.05, 4.69) is 13.8 Å². The third-order valence-electron chi connectivity index (χ3n) is 3.98. The molecule has 0 bridgehead atoms. The van der Waals surface area contributed by atoms with E-state index in [1.807, 2.05) is 4.90 Å². The van der Waals surface area contributed by atoms with E-state index in [1.54, 1.807) is 0 Å². The van der Waals surface area contributed by atoms with Crippen LogP contribution in [0.15, 0.2) is 0 Å². The van der Waals surface area contributed by atoms with Crippen LogP contribution in [0.25, 0.3) is 0 Å². The lowest BCUT2D eigenvalue weighted by atomic mass is 9.95. The number of likely N-dealkylation sites (tertiary alicyclic amines) is 1. The van der Waals surface area contributed by atoms with E-state index < -0.39 is 5.97 Å². The summed E-state index contributed by atoms with van der Waals surface area (Å²) in [5, 5.41) is 8.88. The van der Waals surface area contributed by atoms with Gasteiger partial charge >= 0.3 is 12.0 Å². The fourth-order valence-electron chi connectivity index (χ4n) is 2.57. The Morgan fingerprint density at radius 3 is 2.44 bits per heavy atom. The molecule has 102 valence electrons. The average Bonchev–Trinajstić information content (AvgIpc) is 3.00. The number of hydrogen-bond acceptors (Lipinski definition) is 2. The molecule has 0 aromatic heterocycles. The van der Waals surface area contributed by atoms with Gasteiger partial charge in [0.2, 0.25) is 0 Å². The fourth-order valence-corrected chi connectivity index (χ4v) is 2.57. The second-order valence-corrected chi connectivity index (χ2v) is 5.77. The zero-order valence-corrected chi connectivity index (χ0v) is 11.1. The highest BCUT2D eigenvalue weighted by Gasteiger charge is 2.38. The van der Waals surface area contributed by atoms with Crippen molar-refractivity contribution < 1.29 is 14.7 Å². The summed E-state index contributed by atoms with van der Waals surface area (Å²) in [5.74, 6) is 0.214. The number of rotatable bonds is 4. The van der Waals surface area contributed by atoms with E-state index in [4.69, 9.17) is 5.11 Å². The molecule has 1 aliphatic carbocycles. The van der Waals surface area contributed by atoms with Crippen molar-refractivity contribution in [3.63, 3.8) is 0 Å². The quantitative estimate of drug-likeness (QED) is 0.829. The van der Waals surface area contributed by atoms with Gasteiger partial charge in [-0.05, 0) is 31.1 Å². The van der Waals surface area contributed by atoms with Gasteiger partial charge in [-0.2, -0.15) is 0 Å². The maximum atomic E-state index is 12.3. The first-order valence-corrected chi connectivity index (χ1v) is 6.76. The molecule has 2 aliphatic rings. The smallest absolute Gasteiger partial charge is 0.323 e. The maximum Gasteiger partial charge on any atom is 0.323 e. The summed E-state index contributed by atoms with van der Waals surface area (Å²) in [6.45, 7) is 5.74. The van der Waals surface area contributed by atoms with Gasteiger partial charge in [-0.1, -0.05) is 13.8 Å². The second kappa shape index (κ2) is 5.16. The van der Waals surface area contributed by atoms with Gasteiger partial charge in [0, 0.05) is 19.1 Å². The Morgan fingerprint density at radius 1 is 1.33 bits per heavy atom. The van der Waals surface area contributed by atoms with E-state index in [0.717, 1.165) is 32.4 Å². The number of amides is 2. The molecule has 2 amide bonds. The molecule has 1 aliphatic heterocycles. The zero-order chi connectivity index (χ0) is 13.3. The molecule has 2 rings (SSSR count). The lowest BCUT2D eigenvalue weighted by Crippen LogP contribution is -2.45. The minimum Gasteiger partial charge on any atom is -0.480 e. The van der Waals surface area contributed by atoms with Crippen molar-refractivity contribution in [2.45, 2.75) is 39.2 Å². The van der Waals surface area contributed by atoms with E-state index in [0.29, 0.717) is 11.8 Å². The Kier molecular flexibility index (Phi) is 3.78. The van der Waals surface area contributed by atoms with Gasteiger partial charge in [0.15, 0.2) is 0 Å². The zero-order valence-electron chi connectivity index (χ0n) is 11.1. The van der Waals surface area contributed by atoms with Crippen molar-refractivity contribution in [3.05, 3.63) is 0 Å². The molecule has 1 unspecified atom stereocenters. The van der Waals surface area contributed by atoms with E-state index in [1.165, 1.54) is 4.90 Å². The minimum atomic E-state index is -0.921. The summed E-state index contributed by atoms with van der Waals surface area (Å²) in [4.78, 5) is 26.5. The molecular formula is C13H22N2O3. The highest BCUT2D eigenvalue weighted by molar-refractivity contribution is 5.81. The molecule has 1 N–H and O–H groups in total. The lowest BCUT2D eigenvalue weighted by Gasteiger charge is -2.27. The molecular weight excluding hydrogens is 232 g/mol. The van der Waals surface area contributed by atoms with Crippen LogP contribution in [0.2, 0.25) is 0 Å². The minimum absolute atomic E-state index is 0.0805. The number of carboxylic acid groups (broad SMARTS) is 1. The topological polar surface area (TPSA) is 60.9 Å². The SMILES string of the molecule is CC(C)C1CCN(C(=O)N(CC(=O)O)C2CC2)C1. The molecule has 2 fully saturated rings. The molecule has 1 saturated carbocycles. The first-order valence-electron chi connectivity index (χ1n) is 6.76. The third-order valence-corrected chi connectivity index (χ3v) is 3.98. The van der Waals surface area contributed by atoms with Crippen LogP contribution in [0.1, 0.15) is 33.1 Å². The van der Waals surface area contributed by atoms with Gasteiger partial charge in [0.1, 0.15) is 6.54 Å². The molecule has 1 heterocycles. The molecule has 0 aromatic rings. The highest BCUT2D eigenvalue weighted by atomic mass is 16.4. The van der Waals surface area contributed by atoms with Crippen molar-refractivity contribution in [1.29, 1.82) is 0 Å². The summed E-state index contributed by atoms with van der Waals surface area (Å²) >= 11 is 0. The molecule has 0 aromatic carbocycles. The van der Waals surface area contributed by atoms with Crippen molar-refractivity contribution >= 4 is 12.0 Å².